The third-order valence-electron chi connectivity index (χ3n) is 8.62. The summed E-state index contributed by atoms with van der Waals surface area (Å²) in [5.41, 5.74) is 7.67. The Morgan fingerprint density at radius 3 is 2.19 bits per heavy atom. The Bertz CT molecular complexity index is 2210. The smallest absolute Gasteiger partial charge is 0.657 e. The van der Waals surface area contributed by atoms with Crippen molar-refractivity contribution >= 4 is 33.2 Å². The fraction of sp³-hybridized carbons (Fsp3) is 0.302. The Morgan fingerprint density at radius 1 is 0.904 bits per heavy atom. The van der Waals surface area contributed by atoms with Crippen molar-refractivity contribution in [3.05, 3.63) is 133 Å². The molecule has 0 saturated carbocycles. The molecule has 52 heavy (non-hydrogen) atoms. The molecule has 0 amide bonds. The fourth-order valence-electron chi connectivity index (χ4n) is 6.00. The van der Waals surface area contributed by atoms with Gasteiger partial charge in [0.15, 0.2) is 0 Å². The zero-order valence-electron chi connectivity index (χ0n) is 36.3. The zero-order valence-corrected chi connectivity index (χ0v) is 32.6. The molecule has 0 spiro atoms. The van der Waals surface area contributed by atoms with Crippen molar-refractivity contribution in [1.29, 1.82) is 0 Å². The van der Waals surface area contributed by atoms with E-state index in [0.717, 1.165) is 39.1 Å². The van der Waals surface area contributed by atoms with Gasteiger partial charge in [-0.05, 0) is 96.3 Å². The van der Waals surface area contributed by atoms with E-state index >= 15 is 0 Å². The van der Waals surface area contributed by atoms with Crippen LogP contribution in [0.4, 0.5) is 24.5 Å². The molecule has 0 bridgehead atoms. The minimum atomic E-state index is -4.31. The number of allylic oxidation sites excluding steroid dienone is 1. The number of halogens is 3. The molecule has 0 saturated heterocycles. The first-order valence-corrected chi connectivity index (χ1v) is 17.0. The Labute approximate surface area is 330 Å². The summed E-state index contributed by atoms with van der Waals surface area (Å²) in [5.74, 6) is 0.891. The number of anilines is 2. The van der Waals surface area contributed by atoms with Crippen molar-refractivity contribution in [2.75, 3.05) is 24.2 Å². The molecular formula is C43H48F3N5Pt. The SMILES string of the molecule is FC(F)(F)c1ccc2[n-]c3ccccc3c2c1.[2H]C([2H])([2H])N1C=CN(c2[c-]c(N[CH-]N(/C=C\C)C([2H])([2H])[2H])cc(-c3c(C(C)C)cc(C(C)C)cc3C(C)C)c2)[CH-]1.[Pt+4]. The molecule has 6 rings (SSSR count). The molecule has 4 aromatic carbocycles. The van der Waals surface area contributed by atoms with Crippen LogP contribution in [0.2, 0.25) is 0 Å². The van der Waals surface area contributed by atoms with Gasteiger partial charge in [0.25, 0.3) is 0 Å². The van der Waals surface area contributed by atoms with E-state index in [9.17, 15) is 13.2 Å². The molecule has 0 unspecified atom stereocenters. The van der Waals surface area contributed by atoms with Crippen LogP contribution in [-0.2, 0) is 27.2 Å². The number of para-hydroxylation sites is 1. The summed E-state index contributed by atoms with van der Waals surface area (Å²) in [6.07, 6.45) is 2.01. The van der Waals surface area contributed by atoms with E-state index in [1.807, 2.05) is 18.2 Å². The molecular weight excluding hydrogens is 839 g/mol. The van der Waals surface area contributed by atoms with Gasteiger partial charge < -0.3 is 25.0 Å². The number of benzene rings is 4. The standard InChI is InChI=1S/C30H41N4.C13H7F3N.Pt/c1-10-11-32(8)19-31-26-14-25(15-27(18-26)34-13-12-33(9)20-34)30-28(22(4)5)16-24(21(2)3)17-29(30)23(6)7;14-13(15,16)8-5-6-12-10(7-8)9-3-1-2-4-11(9)17-12;/h10-17,19-23,31H,1-9H3;1-7H;/q-3;-1;+4/b11-10-;;/i8D3,9D3;;. The van der Waals surface area contributed by atoms with E-state index in [1.54, 1.807) is 42.3 Å². The van der Waals surface area contributed by atoms with Crippen LogP contribution in [-0.4, -0.2) is 23.8 Å². The van der Waals surface area contributed by atoms with Gasteiger partial charge in [-0.2, -0.15) is 26.5 Å². The molecule has 0 aliphatic carbocycles. The average molecular weight is 893 g/mol. The Morgan fingerprint density at radius 2 is 1.60 bits per heavy atom. The fourth-order valence-corrected chi connectivity index (χ4v) is 6.00. The van der Waals surface area contributed by atoms with E-state index in [2.05, 4.69) is 70.0 Å². The molecule has 1 aliphatic rings. The molecule has 5 nitrogen and oxygen atoms in total. The first kappa shape index (κ1) is 32.5. The number of nitrogens with zero attached hydrogens (tertiary/aromatic N) is 4. The minimum absolute atomic E-state index is 0. The van der Waals surface area contributed by atoms with Gasteiger partial charge in [0, 0.05) is 8.22 Å². The van der Waals surface area contributed by atoms with Crippen molar-refractivity contribution in [2.45, 2.75) is 72.4 Å². The molecule has 276 valence electrons. The summed E-state index contributed by atoms with van der Waals surface area (Å²) < 4.78 is 84.7. The molecule has 1 aliphatic heterocycles. The van der Waals surface area contributed by atoms with Gasteiger partial charge in [-0.1, -0.05) is 96.1 Å². The normalized spacial score (nSPS) is 15.3. The quantitative estimate of drug-likeness (QED) is 0.149. The second-order valence-electron chi connectivity index (χ2n) is 13.5. The predicted molar refractivity (Wildman–Crippen MR) is 207 cm³/mol. The summed E-state index contributed by atoms with van der Waals surface area (Å²) in [7, 11) is 0. The van der Waals surface area contributed by atoms with Gasteiger partial charge in [0.2, 0.25) is 0 Å². The number of hydrogen-bond acceptors (Lipinski definition) is 4. The van der Waals surface area contributed by atoms with Crippen LogP contribution in [0.15, 0.2) is 91.4 Å². The van der Waals surface area contributed by atoms with Crippen LogP contribution in [0, 0.1) is 19.4 Å². The molecule has 0 atom stereocenters. The molecule has 2 heterocycles. The van der Waals surface area contributed by atoms with Gasteiger partial charge >= 0.3 is 27.2 Å². The maximum Gasteiger partial charge on any atom is 4.00 e. The van der Waals surface area contributed by atoms with Crippen LogP contribution >= 0.6 is 0 Å². The topological polar surface area (TPSA) is 35.9 Å². The summed E-state index contributed by atoms with van der Waals surface area (Å²) in [5, 5.41) is 4.43. The van der Waals surface area contributed by atoms with Crippen molar-refractivity contribution in [1.82, 2.24) is 14.8 Å². The number of fused-ring (bicyclic) bond motifs is 3. The third-order valence-corrected chi connectivity index (χ3v) is 8.62. The summed E-state index contributed by atoms with van der Waals surface area (Å²) in [4.78, 5) is 8.28. The first-order chi connectivity index (χ1) is 26.6. The van der Waals surface area contributed by atoms with E-state index in [4.69, 9.17) is 8.22 Å². The van der Waals surface area contributed by atoms with Crippen molar-refractivity contribution in [2.24, 2.45) is 0 Å². The van der Waals surface area contributed by atoms with Crippen molar-refractivity contribution in [3.8, 4) is 11.1 Å². The van der Waals surface area contributed by atoms with E-state index < -0.39 is 25.7 Å². The number of alkyl halides is 3. The average Bonchev–Trinajstić information content (AvgIpc) is 3.78. The van der Waals surface area contributed by atoms with E-state index in [0.29, 0.717) is 28.2 Å². The summed E-state index contributed by atoms with van der Waals surface area (Å²) >= 11 is 0. The molecule has 5 aromatic rings. The van der Waals surface area contributed by atoms with Crippen LogP contribution in [0.1, 0.15) is 96.7 Å². The largest absolute Gasteiger partial charge is 4.00 e. The number of nitrogens with one attached hydrogen (secondary N) is 1. The van der Waals surface area contributed by atoms with Crippen LogP contribution in [0.3, 0.4) is 0 Å². The van der Waals surface area contributed by atoms with Gasteiger partial charge in [-0.25, -0.2) is 0 Å². The van der Waals surface area contributed by atoms with E-state index in [-0.39, 0.29) is 32.9 Å². The molecule has 1 aromatic heterocycles. The summed E-state index contributed by atoms with van der Waals surface area (Å²) in [6.45, 7) is 13.1. The Hall–Kier alpha value is -4.16. The molecule has 1 N–H and O–H groups in total. The number of rotatable bonds is 9. The van der Waals surface area contributed by atoms with Crippen LogP contribution in [0.25, 0.3) is 32.9 Å². The third kappa shape index (κ3) is 9.43. The predicted octanol–water partition coefficient (Wildman–Crippen LogP) is 11.8. The van der Waals surface area contributed by atoms with Crippen molar-refractivity contribution < 1.29 is 42.5 Å². The second-order valence-corrected chi connectivity index (χ2v) is 13.5. The van der Waals surface area contributed by atoms with Gasteiger partial charge in [-0.15, -0.1) is 46.2 Å². The molecule has 0 radical (unpaired) electrons. The van der Waals surface area contributed by atoms with E-state index in [1.165, 1.54) is 53.4 Å². The maximum atomic E-state index is 12.6. The zero-order chi connectivity index (χ0) is 42.0. The number of aromatic nitrogens is 1. The second kappa shape index (κ2) is 17.1. The first-order valence-electron chi connectivity index (χ1n) is 20.0. The van der Waals surface area contributed by atoms with Gasteiger partial charge in [0.1, 0.15) is 0 Å². The Kier molecular flexibility index (Phi) is 10.7. The van der Waals surface area contributed by atoms with Crippen LogP contribution < -0.4 is 15.2 Å². The monoisotopic (exact) mass is 892 g/mol. The van der Waals surface area contributed by atoms with Gasteiger partial charge in [-0.3, -0.25) is 0 Å². The molecule has 0 fully saturated rings. The minimum Gasteiger partial charge on any atom is -0.657 e. The number of hydrogen-bond donors (Lipinski definition) is 1. The van der Waals surface area contributed by atoms with Gasteiger partial charge in [0.05, 0.1) is 5.56 Å². The summed E-state index contributed by atoms with van der Waals surface area (Å²) in [6, 6.07) is 22.7. The molecule has 9 heteroatoms. The van der Waals surface area contributed by atoms with Crippen LogP contribution in [0.5, 0.6) is 0 Å². The van der Waals surface area contributed by atoms with Crippen molar-refractivity contribution in [3.63, 3.8) is 0 Å². The Balaban J connectivity index is 0.000000341. The maximum absolute atomic E-state index is 12.6.